The van der Waals surface area contributed by atoms with Crippen molar-refractivity contribution in [1.82, 2.24) is 4.90 Å². The van der Waals surface area contributed by atoms with Gasteiger partial charge in [0.15, 0.2) is 11.5 Å². The van der Waals surface area contributed by atoms with Crippen molar-refractivity contribution >= 4 is 61.7 Å². The first-order valence-electron chi connectivity index (χ1n) is 14.9. The van der Waals surface area contributed by atoms with Gasteiger partial charge in [-0.05, 0) is 64.7 Å². The number of aliphatic imine (C=N–C) groups is 1. The predicted octanol–water partition coefficient (Wildman–Crippen LogP) is 7.66. The zero-order chi connectivity index (χ0) is 29.3. The standard InChI is InChI=1S/C36H33N3O4/c1-42-33-20-30-31(37-22-24-10-8-17-39(24)36(30)41)21-34(33)43-18-7-6-14-35(40)38-32-19-29-25-11-3-2-9-23(25)15-16-27(29)26-12-4-5-13-28(26)32/h2-5,9,11-13,15-16,19-22,24H,6-8,10,14,17-18H2,1H3,(H,38,40)/t24-/m0/s1. The van der Waals surface area contributed by atoms with Gasteiger partial charge in [-0.2, -0.15) is 0 Å². The largest absolute Gasteiger partial charge is 0.493 e. The summed E-state index contributed by atoms with van der Waals surface area (Å²) in [6.45, 7) is 1.16. The van der Waals surface area contributed by atoms with Gasteiger partial charge in [-0.25, -0.2) is 0 Å². The molecule has 2 aliphatic rings. The molecular formula is C36H33N3O4. The molecule has 7 heteroatoms. The molecule has 0 unspecified atom stereocenters. The lowest BCUT2D eigenvalue weighted by molar-refractivity contribution is -0.116. The molecule has 0 spiro atoms. The molecule has 1 N–H and O–H groups in total. The van der Waals surface area contributed by atoms with Gasteiger partial charge >= 0.3 is 0 Å². The maximum absolute atomic E-state index is 13.1. The monoisotopic (exact) mass is 571 g/mol. The molecule has 0 aromatic heterocycles. The van der Waals surface area contributed by atoms with Gasteiger partial charge in [0.05, 0.1) is 31.0 Å². The lowest BCUT2D eigenvalue weighted by atomic mass is 9.96. The number of carbonyl (C=O) groups excluding carboxylic acids is 2. The summed E-state index contributed by atoms with van der Waals surface area (Å²) in [6, 6.07) is 26.5. The molecule has 43 heavy (non-hydrogen) atoms. The highest BCUT2D eigenvalue weighted by atomic mass is 16.5. The molecule has 7 rings (SSSR count). The van der Waals surface area contributed by atoms with Crippen LogP contribution in [0.1, 0.15) is 42.5 Å². The number of ether oxygens (including phenoxy) is 2. The van der Waals surface area contributed by atoms with E-state index in [1.54, 1.807) is 19.2 Å². The number of anilines is 1. The molecule has 216 valence electrons. The summed E-state index contributed by atoms with van der Waals surface area (Å²) in [4.78, 5) is 32.7. The van der Waals surface area contributed by atoms with E-state index in [1.165, 1.54) is 16.2 Å². The van der Waals surface area contributed by atoms with E-state index in [0.29, 0.717) is 48.6 Å². The number of amides is 2. The smallest absolute Gasteiger partial charge is 0.256 e. The van der Waals surface area contributed by atoms with Crippen LogP contribution in [-0.4, -0.2) is 49.2 Å². The minimum Gasteiger partial charge on any atom is -0.493 e. The minimum absolute atomic E-state index is 0.0155. The molecule has 0 saturated carbocycles. The molecule has 5 aromatic rings. The third-order valence-electron chi connectivity index (χ3n) is 8.55. The summed E-state index contributed by atoms with van der Waals surface area (Å²) in [5.74, 6) is 1.01. The van der Waals surface area contributed by atoms with E-state index in [0.717, 1.165) is 41.2 Å². The van der Waals surface area contributed by atoms with Gasteiger partial charge in [0, 0.05) is 36.3 Å². The maximum atomic E-state index is 13.1. The van der Waals surface area contributed by atoms with E-state index >= 15 is 0 Å². The number of hydrogen-bond donors (Lipinski definition) is 1. The molecule has 2 heterocycles. The molecule has 5 aromatic carbocycles. The van der Waals surface area contributed by atoms with Gasteiger partial charge in [0.25, 0.3) is 5.91 Å². The molecule has 2 amide bonds. The van der Waals surface area contributed by atoms with Crippen LogP contribution in [0.15, 0.2) is 83.9 Å². The molecule has 1 atom stereocenters. The van der Waals surface area contributed by atoms with Crippen LogP contribution < -0.4 is 14.8 Å². The highest BCUT2D eigenvalue weighted by Crippen LogP contribution is 2.39. The second-order valence-electron chi connectivity index (χ2n) is 11.2. The topological polar surface area (TPSA) is 80.2 Å². The highest BCUT2D eigenvalue weighted by Gasteiger charge is 2.32. The maximum Gasteiger partial charge on any atom is 0.256 e. The number of hydrogen-bond acceptors (Lipinski definition) is 5. The minimum atomic E-state index is -0.0271. The van der Waals surface area contributed by atoms with Crippen molar-refractivity contribution < 1.29 is 19.1 Å². The van der Waals surface area contributed by atoms with Crippen LogP contribution >= 0.6 is 0 Å². The van der Waals surface area contributed by atoms with E-state index in [-0.39, 0.29) is 17.9 Å². The number of rotatable bonds is 8. The van der Waals surface area contributed by atoms with Gasteiger partial charge in [-0.1, -0.05) is 60.7 Å². The fraction of sp³-hybridized carbons (Fsp3) is 0.250. The second-order valence-corrected chi connectivity index (χ2v) is 11.2. The Labute approximate surface area is 250 Å². The van der Waals surface area contributed by atoms with Crippen LogP contribution in [0.4, 0.5) is 11.4 Å². The first kappa shape index (κ1) is 27.0. The average Bonchev–Trinajstić information content (AvgIpc) is 3.47. The molecule has 0 radical (unpaired) electrons. The Balaban J connectivity index is 1.01. The lowest BCUT2D eigenvalue weighted by Gasteiger charge is -2.20. The van der Waals surface area contributed by atoms with E-state index in [9.17, 15) is 9.59 Å². The van der Waals surface area contributed by atoms with Crippen molar-refractivity contribution in [3.8, 4) is 11.5 Å². The third-order valence-corrected chi connectivity index (χ3v) is 8.55. The molecule has 0 bridgehead atoms. The molecular weight excluding hydrogens is 538 g/mol. The van der Waals surface area contributed by atoms with Crippen molar-refractivity contribution in [1.29, 1.82) is 0 Å². The Morgan fingerprint density at radius 1 is 0.907 bits per heavy atom. The Morgan fingerprint density at radius 2 is 1.70 bits per heavy atom. The molecule has 2 aliphatic heterocycles. The fourth-order valence-corrected chi connectivity index (χ4v) is 6.37. The number of benzene rings is 5. The average molecular weight is 572 g/mol. The Hall–Kier alpha value is -4.91. The number of unbranched alkanes of at least 4 members (excludes halogenated alkanes) is 1. The van der Waals surface area contributed by atoms with E-state index in [4.69, 9.17) is 9.47 Å². The van der Waals surface area contributed by atoms with Gasteiger partial charge in [-0.15, -0.1) is 0 Å². The van der Waals surface area contributed by atoms with Crippen LogP contribution in [0, 0.1) is 0 Å². The van der Waals surface area contributed by atoms with Gasteiger partial charge in [-0.3, -0.25) is 14.6 Å². The first-order valence-corrected chi connectivity index (χ1v) is 14.9. The van der Waals surface area contributed by atoms with Crippen molar-refractivity contribution in [3.63, 3.8) is 0 Å². The van der Waals surface area contributed by atoms with E-state index < -0.39 is 0 Å². The third kappa shape index (κ3) is 5.05. The van der Waals surface area contributed by atoms with Gasteiger partial charge in [0.1, 0.15) is 0 Å². The van der Waals surface area contributed by atoms with Crippen molar-refractivity contribution in [2.75, 3.05) is 25.6 Å². The van der Waals surface area contributed by atoms with Crippen molar-refractivity contribution in [2.45, 2.75) is 38.1 Å². The Bertz CT molecular complexity index is 1910. The van der Waals surface area contributed by atoms with Crippen LogP contribution in [0.3, 0.4) is 0 Å². The van der Waals surface area contributed by atoms with Crippen LogP contribution in [0.2, 0.25) is 0 Å². The number of methoxy groups -OCH3 is 1. The van der Waals surface area contributed by atoms with Gasteiger partial charge in [0.2, 0.25) is 5.91 Å². The highest BCUT2D eigenvalue weighted by molar-refractivity contribution is 6.21. The van der Waals surface area contributed by atoms with Crippen LogP contribution in [-0.2, 0) is 4.79 Å². The van der Waals surface area contributed by atoms with E-state index in [2.05, 4.69) is 52.8 Å². The summed E-state index contributed by atoms with van der Waals surface area (Å²) in [6.07, 6.45) is 5.53. The van der Waals surface area contributed by atoms with Crippen molar-refractivity contribution in [3.05, 3.63) is 84.4 Å². The zero-order valence-electron chi connectivity index (χ0n) is 24.1. The van der Waals surface area contributed by atoms with Crippen LogP contribution in [0.25, 0.3) is 32.3 Å². The van der Waals surface area contributed by atoms with E-state index in [1.807, 2.05) is 35.4 Å². The summed E-state index contributed by atoms with van der Waals surface area (Å²) >= 11 is 0. The van der Waals surface area contributed by atoms with Crippen LogP contribution in [0.5, 0.6) is 11.5 Å². The molecule has 0 aliphatic carbocycles. The molecule has 1 fully saturated rings. The number of nitrogens with zero attached hydrogens (tertiary/aromatic N) is 2. The zero-order valence-corrected chi connectivity index (χ0v) is 24.1. The second kappa shape index (κ2) is 11.4. The summed E-state index contributed by atoms with van der Waals surface area (Å²) in [5, 5.41) is 9.97. The normalized spacial score (nSPS) is 15.9. The Morgan fingerprint density at radius 3 is 2.56 bits per heavy atom. The SMILES string of the molecule is COc1cc2c(cc1OCCCCC(=O)Nc1cc3c4ccccc4ccc3c3ccccc13)N=C[C@@H]1CCCN1C2=O. The quantitative estimate of drug-likeness (QED) is 0.153. The molecule has 1 saturated heterocycles. The summed E-state index contributed by atoms with van der Waals surface area (Å²) < 4.78 is 11.6. The summed E-state index contributed by atoms with van der Waals surface area (Å²) in [7, 11) is 1.57. The fourth-order valence-electron chi connectivity index (χ4n) is 6.37. The van der Waals surface area contributed by atoms with Crippen molar-refractivity contribution in [2.24, 2.45) is 4.99 Å². The Kier molecular flexibility index (Phi) is 7.15. The van der Waals surface area contributed by atoms with Gasteiger partial charge < -0.3 is 19.7 Å². The predicted molar refractivity (Wildman–Crippen MR) is 172 cm³/mol. The lowest BCUT2D eigenvalue weighted by Crippen LogP contribution is -2.35. The number of carbonyl (C=O) groups is 2. The summed E-state index contributed by atoms with van der Waals surface area (Å²) in [5.41, 5.74) is 1.96. The molecule has 7 nitrogen and oxygen atoms in total. The number of fused-ring (bicyclic) bond motifs is 7. The first-order chi connectivity index (χ1) is 21.1. The number of nitrogens with one attached hydrogen (secondary N) is 1.